The summed E-state index contributed by atoms with van der Waals surface area (Å²) in [5, 5.41) is 6.37. The molecule has 0 bridgehead atoms. The molecule has 1 fully saturated rings. The third-order valence-electron chi connectivity index (χ3n) is 4.32. The summed E-state index contributed by atoms with van der Waals surface area (Å²) < 4.78 is 2.22. The van der Waals surface area contributed by atoms with Gasteiger partial charge in [0, 0.05) is 12.6 Å². The van der Waals surface area contributed by atoms with E-state index < -0.39 is 0 Å². The van der Waals surface area contributed by atoms with Crippen LogP contribution >= 0.6 is 24.8 Å². The molecule has 1 amide bonds. The SMILES string of the molecule is CC(NC(=O)C1CCNC1)c1nc2ccccc2n1C(C)C.Cl.Cl. The number of carbonyl (C=O) groups is 1. The van der Waals surface area contributed by atoms with E-state index in [0.717, 1.165) is 36.4 Å². The van der Waals surface area contributed by atoms with Crippen molar-refractivity contribution in [3.05, 3.63) is 30.1 Å². The fourth-order valence-corrected chi connectivity index (χ4v) is 3.19. The molecule has 0 aliphatic carbocycles. The highest BCUT2D eigenvalue weighted by Gasteiger charge is 2.26. The zero-order valence-electron chi connectivity index (χ0n) is 14.3. The largest absolute Gasteiger partial charge is 0.346 e. The maximum Gasteiger partial charge on any atom is 0.225 e. The smallest absolute Gasteiger partial charge is 0.225 e. The van der Waals surface area contributed by atoms with Crippen LogP contribution in [0.3, 0.4) is 0 Å². The molecule has 1 saturated heterocycles. The lowest BCUT2D eigenvalue weighted by atomic mass is 10.1. The molecule has 1 aliphatic heterocycles. The van der Waals surface area contributed by atoms with Gasteiger partial charge in [0.1, 0.15) is 5.82 Å². The van der Waals surface area contributed by atoms with Gasteiger partial charge in [-0.15, -0.1) is 24.8 Å². The quantitative estimate of drug-likeness (QED) is 0.865. The molecule has 0 spiro atoms. The predicted octanol–water partition coefficient (Wildman–Crippen LogP) is 3.25. The fraction of sp³-hybridized carbons (Fsp3) is 0.529. The summed E-state index contributed by atoms with van der Waals surface area (Å²) in [6, 6.07) is 8.34. The molecule has 2 atom stereocenters. The van der Waals surface area contributed by atoms with Crippen LogP contribution in [0.4, 0.5) is 0 Å². The van der Waals surface area contributed by atoms with Crippen molar-refractivity contribution >= 4 is 41.8 Å². The monoisotopic (exact) mass is 372 g/mol. The van der Waals surface area contributed by atoms with Crippen LogP contribution in [0.2, 0.25) is 0 Å². The summed E-state index contributed by atoms with van der Waals surface area (Å²) in [5.74, 6) is 1.13. The average Bonchev–Trinajstić information content (AvgIpc) is 3.14. The lowest BCUT2D eigenvalue weighted by molar-refractivity contribution is -0.125. The number of fused-ring (bicyclic) bond motifs is 1. The van der Waals surface area contributed by atoms with Crippen LogP contribution in [0, 0.1) is 5.92 Å². The Morgan fingerprint density at radius 1 is 1.29 bits per heavy atom. The van der Waals surface area contributed by atoms with Gasteiger partial charge in [0.25, 0.3) is 0 Å². The highest BCUT2D eigenvalue weighted by Crippen LogP contribution is 2.25. The summed E-state index contributed by atoms with van der Waals surface area (Å²) in [7, 11) is 0. The van der Waals surface area contributed by atoms with Crippen molar-refractivity contribution in [1.82, 2.24) is 20.2 Å². The van der Waals surface area contributed by atoms with Gasteiger partial charge in [-0.05, 0) is 45.9 Å². The van der Waals surface area contributed by atoms with Gasteiger partial charge >= 0.3 is 0 Å². The van der Waals surface area contributed by atoms with E-state index in [4.69, 9.17) is 4.98 Å². The standard InChI is InChI=1S/C17H24N4O.2ClH/c1-11(2)21-15-7-5-4-6-14(15)20-16(21)12(3)19-17(22)13-8-9-18-10-13;;/h4-7,11-13,18H,8-10H2,1-3H3,(H,19,22);2*1H. The highest BCUT2D eigenvalue weighted by atomic mass is 35.5. The Balaban J connectivity index is 0.00000144. The molecule has 3 rings (SSSR count). The van der Waals surface area contributed by atoms with Crippen molar-refractivity contribution in [3.63, 3.8) is 0 Å². The van der Waals surface area contributed by atoms with E-state index in [2.05, 4.69) is 35.1 Å². The van der Waals surface area contributed by atoms with Crippen molar-refractivity contribution in [1.29, 1.82) is 0 Å². The first-order valence-corrected chi connectivity index (χ1v) is 8.06. The summed E-state index contributed by atoms with van der Waals surface area (Å²) in [6.45, 7) is 8.01. The van der Waals surface area contributed by atoms with Crippen LogP contribution in [0.15, 0.2) is 24.3 Å². The predicted molar refractivity (Wildman–Crippen MR) is 102 cm³/mol. The van der Waals surface area contributed by atoms with Gasteiger partial charge < -0.3 is 15.2 Å². The van der Waals surface area contributed by atoms with Crippen LogP contribution in [0.25, 0.3) is 11.0 Å². The second kappa shape index (κ2) is 8.70. The van der Waals surface area contributed by atoms with E-state index in [1.807, 2.05) is 25.1 Å². The molecule has 5 nitrogen and oxygen atoms in total. The molecule has 2 heterocycles. The number of imidazole rings is 1. The Bertz CT molecular complexity index is 680. The van der Waals surface area contributed by atoms with E-state index in [9.17, 15) is 4.79 Å². The normalized spacial score (nSPS) is 18.1. The van der Waals surface area contributed by atoms with Gasteiger partial charge in [0.05, 0.1) is 23.0 Å². The van der Waals surface area contributed by atoms with Gasteiger partial charge in [0.15, 0.2) is 0 Å². The maximum atomic E-state index is 12.3. The molecule has 1 aliphatic rings. The second-order valence-electron chi connectivity index (χ2n) is 6.34. The zero-order valence-corrected chi connectivity index (χ0v) is 15.9. The maximum absolute atomic E-state index is 12.3. The zero-order chi connectivity index (χ0) is 15.7. The molecule has 2 unspecified atom stereocenters. The van der Waals surface area contributed by atoms with E-state index in [1.54, 1.807) is 0 Å². The number of nitrogens with one attached hydrogen (secondary N) is 2. The first kappa shape index (κ1) is 20.7. The summed E-state index contributed by atoms with van der Waals surface area (Å²) in [6.07, 6.45) is 0.916. The number of hydrogen-bond donors (Lipinski definition) is 2. The fourth-order valence-electron chi connectivity index (χ4n) is 3.19. The van der Waals surface area contributed by atoms with Crippen LogP contribution in [0.5, 0.6) is 0 Å². The molecule has 134 valence electrons. The van der Waals surface area contributed by atoms with Crippen molar-refractivity contribution in [2.45, 2.75) is 39.3 Å². The van der Waals surface area contributed by atoms with Crippen LogP contribution in [0.1, 0.15) is 45.1 Å². The first-order chi connectivity index (χ1) is 10.6. The van der Waals surface area contributed by atoms with Gasteiger partial charge in [-0.2, -0.15) is 0 Å². The first-order valence-electron chi connectivity index (χ1n) is 8.06. The Kier molecular flexibility index (Phi) is 7.52. The minimum absolute atomic E-state index is 0. The number of halogens is 2. The molecule has 2 N–H and O–H groups in total. The van der Waals surface area contributed by atoms with Crippen molar-refractivity contribution in [2.24, 2.45) is 5.92 Å². The lowest BCUT2D eigenvalue weighted by Gasteiger charge is -2.20. The van der Waals surface area contributed by atoms with Crippen molar-refractivity contribution in [2.75, 3.05) is 13.1 Å². The minimum atomic E-state index is -0.0945. The van der Waals surface area contributed by atoms with E-state index in [0.29, 0.717) is 6.04 Å². The van der Waals surface area contributed by atoms with Gasteiger partial charge in [-0.3, -0.25) is 4.79 Å². The number of amides is 1. The third kappa shape index (κ3) is 4.02. The number of nitrogens with zero attached hydrogens (tertiary/aromatic N) is 2. The van der Waals surface area contributed by atoms with Gasteiger partial charge in [-0.25, -0.2) is 4.98 Å². The number of benzene rings is 1. The van der Waals surface area contributed by atoms with Crippen LogP contribution < -0.4 is 10.6 Å². The number of rotatable bonds is 4. The van der Waals surface area contributed by atoms with Crippen molar-refractivity contribution in [3.8, 4) is 0 Å². The van der Waals surface area contributed by atoms with Gasteiger partial charge in [-0.1, -0.05) is 12.1 Å². The summed E-state index contributed by atoms with van der Waals surface area (Å²) in [4.78, 5) is 17.1. The van der Waals surface area contributed by atoms with E-state index in [1.165, 1.54) is 0 Å². The van der Waals surface area contributed by atoms with Crippen molar-refractivity contribution < 1.29 is 4.79 Å². The summed E-state index contributed by atoms with van der Waals surface area (Å²) in [5.41, 5.74) is 2.10. The molecule has 0 saturated carbocycles. The Morgan fingerprint density at radius 2 is 2.00 bits per heavy atom. The number of hydrogen-bond acceptors (Lipinski definition) is 3. The van der Waals surface area contributed by atoms with Gasteiger partial charge in [0.2, 0.25) is 5.91 Å². The highest BCUT2D eigenvalue weighted by molar-refractivity contribution is 5.85. The molecular formula is C17H26Cl2N4O. The third-order valence-corrected chi connectivity index (χ3v) is 4.32. The average molecular weight is 373 g/mol. The van der Waals surface area contributed by atoms with E-state index >= 15 is 0 Å². The van der Waals surface area contributed by atoms with Crippen LogP contribution in [-0.2, 0) is 4.79 Å². The molecule has 24 heavy (non-hydrogen) atoms. The topological polar surface area (TPSA) is 59.0 Å². The molecule has 1 aromatic carbocycles. The summed E-state index contributed by atoms with van der Waals surface area (Å²) >= 11 is 0. The second-order valence-corrected chi connectivity index (χ2v) is 6.34. The molecule has 0 radical (unpaired) electrons. The molecular weight excluding hydrogens is 347 g/mol. The lowest BCUT2D eigenvalue weighted by Crippen LogP contribution is -2.35. The Hall–Kier alpha value is -1.30. The Morgan fingerprint density at radius 3 is 2.62 bits per heavy atom. The molecule has 2 aromatic rings. The number of carbonyl (C=O) groups excluding carboxylic acids is 1. The molecule has 7 heteroatoms. The molecule has 1 aromatic heterocycles. The Labute approximate surface area is 155 Å². The number of aromatic nitrogens is 2. The van der Waals surface area contributed by atoms with Crippen LogP contribution in [-0.4, -0.2) is 28.5 Å². The van der Waals surface area contributed by atoms with E-state index in [-0.39, 0.29) is 42.7 Å². The number of para-hydroxylation sites is 2. The minimum Gasteiger partial charge on any atom is -0.346 e.